The number of fused-ring (bicyclic) bond motifs is 1. The molecule has 0 atom stereocenters. The van der Waals surface area contributed by atoms with Gasteiger partial charge in [-0.25, -0.2) is 9.55 Å². The maximum atomic E-state index is 12.4. The minimum atomic E-state index is -0.103. The molecule has 18 heavy (non-hydrogen) atoms. The fourth-order valence-electron chi connectivity index (χ4n) is 1.85. The third-order valence-corrected chi connectivity index (χ3v) is 3.47. The van der Waals surface area contributed by atoms with E-state index >= 15 is 0 Å². The van der Waals surface area contributed by atoms with Crippen molar-refractivity contribution in [2.24, 2.45) is 0 Å². The summed E-state index contributed by atoms with van der Waals surface area (Å²) in [6, 6.07) is 7.30. The van der Waals surface area contributed by atoms with Gasteiger partial charge in [-0.3, -0.25) is 4.79 Å². The largest absolute Gasteiger partial charge is 0.268 e. The number of para-hydroxylation sites is 1. The van der Waals surface area contributed by atoms with E-state index in [0.29, 0.717) is 21.9 Å². The summed E-state index contributed by atoms with van der Waals surface area (Å²) in [6.07, 6.45) is 0. The van der Waals surface area contributed by atoms with Crippen LogP contribution >= 0.6 is 11.3 Å². The van der Waals surface area contributed by atoms with Crippen molar-refractivity contribution in [3.63, 3.8) is 0 Å². The molecule has 0 bridgehead atoms. The molecule has 0 unspecified atom stereocenters. The Bertz CT molecular complexity index is 790. The van der Waals surface area contributed by atoms with E-state index in [9.17, 15) is 4.79 Å². The highest BCUT2D eigenvalue weighted by molar-refractivity contribution is 7.13. The quantitative estimate of drug-likeness (QED) is 0.668. The minimum absolute atomic E-state index is 0.103. The zero-order valence-corrected chi connectivity index (χ0v) is 10.7. The standard InChI is InChI=1S/C12H10N4OS/c1-7-13-10-6-4-3-5-9(10)11(17)16(7)12-15-14-8(2)18-12/h3-6H,1-2H3. The van der Waals surface area contributed by atoms with Gasteiger partial charge in [0.15, 0.2) is 0 Å². The Kier molecular flexibility index (Phi) is 2.45. The van der Waals surface area contributed by atoms with Gasteiger partial charge in [-0.1, -0.05) is 23.5 Å². The van der Waals surface area contributed by atoms with Gasteiger partial charge in [0.1, 0.15) is 10.8 Å². The van der Waals surface area contributed by atoms with Crippen LogP contribution in [0.4, 0.5) is 0 Å². The molecule has 3 rings (SSSR count). The summed E-state index contributed by atoms with van der Waals surface area (Å²) in [7, 11) is 0. The lowest BCUT2D eigenvalue weighted by atomic mass is 10.2. The fraction of sp³-hybridized carbons (Fsp3) is 0.167. The van der Waals surface area contributed by atoms with Crippen molar-refractivity contribution < 1.29 is 0 Å². The molecule has 90 valence electrons. The average molecular weight is 258 g/mol. The van der Waals surface area contributed by atoms with Gasteiger partial charge >= 0.3 is 0 Å². The first-order valence-electron chi connectivity index (χ1n) is 5.45. The second kappa shape index (κ2) is 3.99. The molecular weight excluding hydrogens is 248 g/mol. The molecule has 0 saturated carbocycles. The van der Waals surface area contributed by atoms with E-state index in [2.05, 4.69) is 15.2 Å². The maximum Gasteiger partial charge on any atom is 0.267 e. The van der Waals surface area contributed by atoms with Crippen LogP contribution in [0.2, 0.25) is 0 Å². The summed E-state index contributed by atoms with van der Waals surface area (Å²) in [5.41, 5.74) is 0.603. The summed E-state index contributed by atoms with van der Waals surface area (Å²) in [6.45, 7) is 3.65. The normalized spacial score (nSPS) is 11.0. The summed E-state index contributed by atoms with van der Waals surface area (Å²) < 4.78 is 1.51. The molecule has 0 spiro atoms. The smallest absolute Gasteiger partial charge is 0.267 e. The third kappa shape index (κ3) is 1.62. The molecule has 0 N–H and O–H groups in total. The van der Waals surface area contributed by atoms with Crippen LogP contribution in [0, 0.1) is 13.8 Å². The van der Waals surface area contributed by atoms with Crippen LogP contribution < -0.4 is 5.56 Å². The highest BCUT2D eigenvalue weighted by atomic mass is 32.1. The summed E-state index contributed by atoms with van der Waals surface area (Å²) in [4.78, 5) is 16.8. The van der Waals surface area contributed by atoms with Crippen molar-refractivity contribution >= 4 is 22.2 Å². The third-order valence-electron chi connectivity index (χ3n) is 2.65. The van der Waals surface area contributed by atoms with Gasteiger partial charge in [-0.05, 0) is 26.0 Å². The molecule has 0 radical (unpaired) electrons. The summed E-state index contributed by atoms with van der Waals surface area (Å²) in [5, 5.41) is 9.92. The van der Waals surface area contributed by atoms with E-state index in [4.69, 9.17) is 0 Å². The van der Waals surface area contributed by atoms with E-state index in [0.717, 1.165) is 5.01 Å². The lowest BCUT2D eigenvalue weighted by molar-refractivity contribution is 0.859. The van der Waals surface area contributed by atoms with Crippen LogP contribution in [0.5, 0.6) is 0 Å². The van der Waals surface area contributed by atoms with E-state index in [1.165, 1.54) is 15.9 Å². The summed E-state index contributed by atoms with van der Waals surface area (Å²) >= 11 is 1.38. The SMILES string of the molecule is Cc1nnc(-n2c(C)nc3ccccc3c2=O)s1. The van der Waals surface area contributed by atoms with Crippen LogP contribution in [-0.4, -0.2) is 19.7 Å². The Morgan fingerprint density at radius 3 is 2.67 bits per heavy atom. The first kappa shape index (κ1) is 11.0. The van der Waals surface area contributed by atoms with Gasteiger partial charge in [0.05, 0.1) is 10.9 Å². The minimum Gasteiger partial charge on any atom is -0.268 e. The number of benzene rings is 1. The number of hydrogen-bond donors (Lipinski definition) is 0. The van der Waals surface area contributed by atoms with Crippen molar-refractivity contribution in [1.82, 2.24) is 19.7 Å². The number of aryl methyl sites for hydroxylation is 2. The van der Waals surface area contributed by atoms with E-state index < -0.39 is 0 Å². The van der Waals surface area contributed by atoms with Crippen molar-refractivity contribution in [3.8, 4) is 5.13 Å². The van der Waals surface area contributed by atoms with Gasteiger partial charge in [0.25, 0.3) is 5.56 Å². The number of aromatic nitrogens is 4. The zero-order chi connectivity index (χ0) is 12.7. The Morgan fingerprint density at radius 1 is 1.17 bits per heavy atom. The monoisotopic (exact) mass is 258 g/mol. The molecule has 0 fully saturated rings. The Morgan fingerprint density at radius 2 is 1.94 bits per heavy atom. The van der Waals surface area contributed by atoms with Crippen LogP contribution in [0.3, 0.4) is 0 Å². The average Bonchev–Trinajstić information content (AvgIpc) is 2.76. The first-order valence-corrected chi connectivity index (χ1v) is 6.27. The Labute approximate surface area is 107 Å². The van der Waals surface area contributed by atoms with Crippen LogP contribution in [0.25, 0.3) is 16.0 Å². The molecule has 0 aliphatic carbocycles. The maximum absolute atomic E-state index is 12.4. The molecule has 6 heteroatoms. The van der Waals surface area contributed by atoms with Gasteiger partial charge in [0.2, 0.25) is 5.13 Å². The molecule has 2 aromatic heterocycles. The molecule has 0 aliphatic heterocycles. The zero-order valence-electron chi connectivity index (χ0n) is 9.91. The predicted octanol–water partition coefficient (Wildman–Crippen LogP) is 1.85. The second-order valence-electron chi connectivity index (χ2n) is 3.92. The van der Waals surface area contributed by atoms with Gasteiger partial charge in [-0.2, -0.15) is 0 Å². The molecule has 1 aromatic carbocycles. The highest BCUT2D eigenvalue weighted by Crippen LogP contribution is 2.15. The van der Waals surface area contributed by atoms with Gasteiger partial charge in [0, 0.05) is 0 Å². The van der Waals surface area contributed by atoms with Gasteiger partial charge in [-0.15, -0.1) is 10.2 Å². The molecule has 0 amide bonds. The van der Waals surface area contributed by atoms with Crippen molar-refractivity contribution in [1.29, 1.82) is 0 Å². The van der Waals surface area contributed by atoms with Gasteiger partial charge < -0.3 is 0 Å². The lowest BCUT2D eigenvalue weighted by Crippen LogP contribution is -2.22. The van der Waals surface area contributed by atoms with Crippen molar-refractivity contribution in [2.75, 3.05) is 0 Å². The number of rotatable bonds is 1. The van der Waals surface area contributed by atoms with E-state index in [-0.39, 0.29) is 5.56 Å². The van der Waals surface area contributed by atoms with Crippen LogP contribution in [-0.2, 0) is 0 Å². The topological polar surface area (TPSA) is 60.7 Å². The number of hydrogen-bond acceptors (Lipinski definition) is 5. The van der Waals surface area contributed by atoms with E-state index in [1.54, 1.807) is 13.0 Å². The Hall–Kier alpha value is -2.08. The summed E-state index contributed by atoms with van der Waals surface area (Å²) in [5.74, 6) is 0.620. The Balaban J connectivity index is 2.40. The number of nitrogens with zero attached hydrogens (tertiary/aromatic N) is 4. The lowest BCUT2D eigenvalue weighted by Gasteiger charge is -2.06. The first-order chi connectivity index (χ1) is 8.66. The van der Waals surface area contributed by atoms with Crippen LogP contribution in [0.1, 0.15) is 10.8 Å². The van der Waals surface area contributed by atoms with Crippen LogP contribution in [0.15, 0.2) is 29.1 Å². The van der Waals surface area contributed by atoms with Crippen molar-refractivity contribution in [3.05, 3.63) is 45.5 Å². The molecular formula is C12H10N4OS. The molecule has 3 aromatic rings. The molecule has 5 nitrogen and oxygen atoms in total. The van der Waals surface area contributed by atoms with Crippen molar-refractivity contribution in [2.45, 2.75) is 13.8 Å². The predicted molar refractivity (Wildman–Crippen MR) is 70.3 cm³/mol. The fourth-order valence-corrected chi connectivity index (χ4v) is 2.58. The highest BCUT2D eigenvalue weighted by Gasteiger charge is 2.12. The second-order valence-corrected chi connectivity index (χ2v) is 5.08. The molecule has 0 saturated heterocycles. The van der Waals surface area contributed by atoms with E-state index in [1.807, 2.05) is 25.1 Å². The molecule has 2 heterocycles. The molecule has 0 aliphatic rings.